The quantitative estimate of drug-likeness (QED) is 0.801. The van der Waals surface area contributed by atoms with Crippen molar-refractivity contribution in [3.63, 3.8) is 0 Å². The van der Waals surface area contributed by atoms with E-state index >= 15 is 0 Å². The summed E-state index contributed by atoms with van der Waals surface area (Å²) < 4.78 is 0. The maximum Gasteiger partial charge on any atom is 0.115 e. The second-order valence-electron chi connectivity index (χ2n) is 5.54. The summed E-state index contributed by atoms with van der Waals surface area (Å²) in [5.41, 5.74) is 7.03. The Hall–Kier alpha value is -1.00. The van der Waals surface area contributed by atoms with Gasteiger partial charge in [0.15, 0.2) is 0 Å². The minimum absolute atomic E-state index is 0.249. The molecule has 0 bridgehead atoms. The molecule has 0 spiro atoms. The summed E-state index contributed by atoms with van der Waals surface area (Å²) in [7, 11) is 0. The third-order valence-electron chi connectivity index (χ3n) is 3.55. The lowest BCUT2D eigenvalue weighted by Gasteiger charge is -2.31. The van der Waals surface area contributed by atoms with E-state index in [2.05, 4.69) is 28.7 Å². The summed E-state index contributed by atoms with van der Waals surface area (Å²) in [5.74, 6) is 0.732. The molecule has 4 nitrogen and oxygen atoms in total. The van der Waals surface area contributed by atoms with Gasteiger partial charge in [-0.15, -0.1) is 0 Å². The van der Waals surface area contributed by atoms with Gasteiger partial charge < -0.3 is 5.73 Å². The van der Waals surface area contributed by atoms with Crippen molar-refractivity contribution in [1.82, 2.24) is 14.9 Å². The molecular formula is C14H24N4. The summed E-state index contributed by atoms with van der Waals surface area (Å²) in [4.78, 5) is 10.9. The minimum atomic E-state index is 0.249. The fraction of sp³-hybridized carbons (Fsp3) is 0.714. The molecule has 1 fully saturated rings. The fourth-order valence-electron chi connectivity index (χ4n) is 2.33. The number of rotatable bonds is 7. The van der Waals surface area contributed by atoms with Crippen molar-refractivity contribution in [3.05, 3.63) is 24.3 Å². The standard InChI is InChI=1S/C14H24N4/c1-11(2)6-8-18(12-3-4-12)14(9-15)13-5-7-16-10-17-13/h5,7,10-12,14H,3-4,6,8-9,15H2,1-2H3. The van der Waals surface area contributed by atoms with Crippen molar-refractivity contribution in [2.45, 2.75) is 45.2 Å². The number of nitrogens with zero attached hydrogens (tertiary/aromatic N) is 3. The molecule has 0 saturated heterocycles. The Morgan fingerprint density at radius 1 is 1.44 bits per heavy atom. The van der Waals surface area contributed by atoms with Crippen molar-refractivity contribution < 1.29 is 0 Å². The number of hydrogen-bond acceptors (Lipinski definition) is 4. The molecule has 0 radical (unpaired) electrons. The predicted octanol–water partition coefficient (Wildman–Crippen LogP) is 1.99. The molecule has 0 aromatic carbocycles. The van der Waals surface area contributed by atoms with Crippen LogP contribution < -0.4 is 5.73 Å². The van der Waals surface area contributed by atoms with Gasteiger partial charge in [0.1, 0.15) is 6.33 Å². The zero-order valence-corrected chi connectivity index (χ0v) is 11.4. The van der Waals surface area contributed by atoms with Crippen LogP contribution in [0.1, 0.15) is 44.8 Å². The second-order valence-corrected chi connectivity index (χ2v) is 5.54. The van der Waals surface area contributed by atoms with E-state index in [1.165, 1.54) is 19.3 Å². The van der Waals surface area contributed by atoms with Gasteiger partial charge in [0.2, 0.25) is 0 Å². The lowest BCUT2D eigenvalue weighted by molar-refractivity contribution is 0.177. The predicted molar refractivity (Wildman–Crippen MR) is 73.0 cm³/mol. The number of aromatic nitrogens is 2. The average molecular weight is 248 g/mol. The van der Waals surface area contributed by atoms with E-state index in [4.69, 9.17) is 5.73 Å². The highest BCUT2D eigenvalue weighted by atomic mass is 15.2. The summed E-state index contributed by atoms with van der Waals surface area (Å²) in [6.07, 6.45) is 7.25. The van der Waals surface area contributed by atoms with Gasteiger partial charge in [-0.3, -0.25) is 4.90 Å². The molecule has 2 N–H and O–H groups in total. The SMILES string of the molecule is CC(C)CCN(C1CC1)C(CN)c1ccncn1. The third kappa shape index (κ3) is 3.50. The Morgan fingerprint density at radius 3 is 2.72 bits per heavy atom. The Labute approximate surface area is 110 Å². The summed E-state index contributed by atoms with van der Waals surface area (Å²) >= 11 is 0. The van der Waals surface area contributed by atoms with Gasteiger partial charge in [0.05, 0.1) is 11.7 Å². The molecule has 1 aromatic heterocycles. The first-order valence-corrected chi connectivity index (χ1v) is 6.94. The van der Waals surface area contributed by atoms with Crippen LogP contribution >= 0.6 is 0 Å². The van der Waals surface area contributed by atoms with Crippen LogP contribution in [0, 0.1) is 5.92 Å². The van der Waals surface area contributed by atoms with Gasteiger partial charge >= 0.3 is 0 Å². The van der Waals surface area contributed by atoms with Crippen LogP contribution in [0.3, 0.4) is 0 Å². The van der Waals surface area contributed by atoms with E-state index in [9.17, 15) is 0 Å². The van der Waals surface area contributed by atoms with Gasteiger partial charge in [0, 0.05) is 18.8 Å². The van der Waals surface area contributed by atoms with Crippen molar-refractivity contribution in [3.8, 4) is 0 Å². The van der Waals surface area contributed by atoms with E-state index in [-0.39, 0.29) is 6.04 Å². The molecule has 0 amide bonds. The first kappa shape index (κ1) is 13.4. The molecule has 1 aliphatic carbocycles. The van der Waals surface area contributed by atoms with Gasteiger partial charge in [0.25, 0.3) is 0 Å². The van der Waals surface area contributed by atoms with E-state index in [1.807, 2.05) is 6.07 Å². The Bertz CT molecular complexity index is 348. The second kappa shape index (κ2) is 6.25. The Balaban J connectivity index is 2.07. The van der Waals surface area contributed by atoms with Crippen LogP contribution in [0.5, 0.6) is 0 Å². The van der Waals surface area contributed by atoms with Crippen LogP contribution in [0.25, 0.3) is 0 Å². The molecule has 1 heterocycles. The van der Waals surface area contributed by atoms with Crippen molar-refractivity contribution in [2.75, 3.05) is 13.1 Å². The maximum absolute atomic E-state index is 5.98. The Kier molecular flexibility index (Phi) is 4.66. The zero-order valence-electron chi connectivity index (χ0n) is 11.4. The maximum atomic E-state index is 5.98. The molecule has 1 aliphatic rings. The van der Waals surface area contributed by atoms with Crippen LogP contribution in [-0.2, 0) is 0 Å². The van der Waals surface area contributed by atoms with Gasteiger partial charge in [-0.05, 0) is 37.8 Å². The van der Waals surface area contributed by atoms with E-state index in [0.29, 0.717) is 12.6 Å². The van der Waals surface area contributed by atoms with Gasteiger partial charge in [-0.2, -0.15) is 0 Å². The van der Waals surface area contributed by atoms with Crippen molar-refractivity contribution >= 4 is 0 Å². The fourth-order valence-corrected chi connectivity index (χ4v) is 2.33. The van der Waals surface area contributed by atoms with Crippen LogP contribution in [0.2, 0.25) is 0 Å². The van der Waals surface area contributed by atoms with Gasteiger partial charge in [-0.1, -0.05) is 13.8 Å². The molecule has 2 rings (SSSR count). The smallest absolute Gasteiger partial charge is 0.115 e. The highest BCUT2D eigenvalue weighted by Crippen LogP contribution is 2.33. The number of hydrogen-bond donors (Lipinski definition) is 1. The van der Waals surface area contributed by atoms with Crippen LogP contribution in [0.4, 0.5) is 0 Å². The molecule has 0 aliphatic heterocycles. The molecule has 18 heavy (non-hydrogen) atoms. The summed E-state index contributed by atoms with van der Waals surface area (Å²) in [6.45, 7) is 6.29. The largest absolute Gasteiger partial charge is 0.329 e. The number of nitrogens with two attached hydrogens (primary N) is 1. The summed E-state index contributed by atoms with van der Waals surface area (Å²) in [5, 5.41) is 0. The van der Waals surface area contributed by atoms with Crippen molar-refractivity contribution in [2.24, 2.45) is 11.7 Å². The molecule has 1 saturated carbocycles. The topological polar surface area (TPSA) is 55.0 Å². The molecule has 1 atom stereocenters. The van der Waals surface area contributed by atoms with E-state index in [1.54, 1.807) is 12.5 Å². The Morgan fingerprint density at radius 2 is 2.22 bits per heavy atom. The van der Waals surface area contributed by atoms with E-state index < -0.39 is 0 Å². The molecule has 1 aromatic rings. The zero-order chi connectivity index (χ0) is 13.0. The van der Waals surface area contributed by atoms with Crippen LogP contribution in [-0.4, -0.2) is 34.0 Å². The summed E-state index contributed by atoms with van der Waals surface area (Å²) in [6, 6.07) is 2.95. The highest BCUT2D eigenvalue weighted by Gasteiger charge is 2.34. The molecular weight excluding hydrogens is 224 g/mol. The minimum Gasteiger partial charge on any atom is -0.329 e. The van der Waals surface area contributed by atoms with Crippen molar-refractivity contribution in [1.29, 1.82) is 0 Å². The highest BCUT2D eigenvalue weighted by molar-refractivity contribution is 5.07. The molecule has 100 valence electrons. The van der Waals surface area contributed by atoms with E-state index in [0.717, 1.165) is 18.2 Å². The average Bonchev–Trinajstić information content (AvgIpc) is 3.19. The molecule has 1 unspecified atom stereocenters. The lowest BCUT2D eigenvalue weighted by atomic mass is 10.1. The first-order valence-electron chi connectivity index (χ1n) is 6.94. The first-order chi connectivity index (χ1) is 8.72. The molecule has 4 heteroatoms. The van der Waals surface area contributed by atoms with Gasteiger partial charge in [-0.25, -0.2) is 9.97 Å². The normalized spacial score (nSPS) is 17.4. The van der Waals surface area contributed by atoms with Crippen LogP contribution in [0.15, 0.2) is 18.6 Å². The monoisotopic (exact) mass is 248 g/mol. The third-order valence-corrected chi connectivity index (χ3v) is 3.55. The lowest BCUT2D eigenvalue weighted by Crippen LogP contribution is -2.37.